The van der Waals surface area contributed by atoms with Crippen molar-refractivity contribution in [3.05, 3.63) is 53.6 Å². The van der Waals surface area contributed by atoms with E-state index in [1.165, 1.54) is 0 Å². The normalized spacial score (nSPS) is 12.2. The van der Waals surface area contributed by atoms with Crippen molar-refractivity contribution in [3.63, 3.8) is 0 Å². The number of ether oxygens (including phenoxy) is 1. The van der Waals surface area contributed by atoms with Gasteiger partial charge in [-0.2, -0.15) is 0 Å². The Morgan fingerprint density at radius 1 is 1.30 bits per heavy atom. The van der Waals surface area contributed by atoms with E-state index < -0.39 is 6.10 Å². The number of aryl methyl sites for hydroxylation is 1. The van der Waals surface area contributed by atoms with E-state index in [-0.39, 0.29) is 0 Å². The second-order valence-electron chi connectivity index (χ2n) is 4.61. The summed E-state index contributed by atoms with van der Waals surface area (Å²) >= 11 is 0. The molecule has 0 radical (unpaired) electrons. The molecule has 0 saturated carbocycles. The SMILES string of the molecule is CCCOc1cncc(C(O)c2ncccc2CC)c1. The van der Waals surface area contributed by atoms with Gasteiger partial charge < -0.3 is 9.84 Å². The van der Waals surface area contributed by atoms with Gasteiger partial charge in [-0.25, -0.2) is 0 Å². The molecule has 4 nitrogen and oxygen atoms in total. The van der Waals surface area contributed by atoms with Crippen molar-refractivity contribution in [2.75, 3.05) is 6.61 Å². The van der Waals surface area contributed by atoms with Gasteiger partial charge in [0.1, 0.15) is 11.9 Å². The predicted octanol–water partition coefficient (Wildman–Crippen LogP) is 2.91. The van der Waals surface area contributed by atoms with Crippen molar-refractivity contribution in [2.45, 2.75) is 32.8 Å². The monoisotopic (exact) mass is 272 g/mol. The fourth-order valence-corrected chi connectivity index (χ4v) is 2.04. The summed E-state index contributed by atoms with van der Waals surface area (Å²) in [6.07, 6.45) is 6.00. The van der Waals surface area contributed by atoms with E-state index in [4.69, 9.17) is 4.74 Å². The maximum Gasteiger partial charge on any atom is 0.137 e. The third-order valence-corrected chi connectivity index (χ3v) is 3.09. The zero-order valence-corrected chi connectivity index (χ0v) is 11.9. The van der Waals surface area contributed by atoms with Crippen LogP contribution in [0.25, 0.3) is 0 Å². The minimum absolute atomic E-state index is 0.644. The van der Waals surface area contributed by atoms with Crippen LogP contribution in [0, 0.1) is 0 Å². The second kappa shape index (κ2) is 7.01. The largest absolute Gasteiger partial charge is 0.492 e. The Morgan fingerprint density at radius 2 is 2.15 bits per heavy atom. The minimum atomic E-state index is -0.774. The van der Waals surface area contributed by atoms with Crippen LogP contribution in [-0.2, 0) is 6.42 Å². The maximum absolute atomic E-state index is 10.5. The molecule has 0 fully saturated rings. The molecule has 106 valence electrons. The van der Waals surface area contributed by atoms with Gasteiger partial charge in [0.25, 0.3) is 0 Å². The van der Waals surface area contributed by atoms with E-state index in [2.05, 4.69) is 9.97 Å². The van der Waals surface area contributed by atoms with Crippen molar-refractivity contribution in [2.24, 2.45) is 0 Å². The molecule has 4 heteroatoms. The third-order valence-electron chi connectivity index (χ3n) is 3.09. The zero-order valence-electron chi connectivity index (χ0n) is 11.9. The summed E-state index contributed by atoms with van der Waals surface area (Å²) in [5, 5.41) is 10.5. The summed E-state index contributed by atoms with van der Waals surface area (Å²) in [4.78, 5) is 8.43. The topological polar surface area (TPSA) is 55.2 Å². The van der Waals surface area contributed by atoms with Crippen LogP contribution >= 0.6 is 0 Å². The van der Waals surface area contributed by atoms with Crippen LogP contribution in [0.5, 0.6) is 5.75 Å². The third kappa shape index (κ3) is 3.33. The lowest BCUT2D eigenvalue weighted by Gasteiger charge is -2.14. The molecule has 0 amide bonds. The summed E-state index contributed by atoms with van der Waals surface area (Å²) in [7, 11) is 0. The van der Waals surface area contributed by atoms with Crippen LogP contribution in [0.3, 0.4) is 0 Å². The van der Waals surface area contributed by atoms with Crippen molar-refractivity contribution in [1.82, 2.24) is 9.97 Å². The highest BCUT2D eigenvalue weighted by atomic mass is 16.5. The molecule has 1 N–H and O–H groups in total. The highest BCUT2D eigenvalue weighted by Crippen LogP contribution is 2.25. The molecule has 2 aromatic heterocycles. The number of aromatic nitrogens is 2. The van der Waals surface area contributed by atoms with E-state index >= 15 is 0 Å². The molecule has 0 aliphatic rings. The van der Waals surface area contributed by atoms with E-state index in [9.17, 15) is 5.11 Å². The van der Waals surface area contributed by atoms with Gasteiger partial charge in [-0.3, -0.25) is 9.97 Å². The Bertz CT molecular complexity index is 558. The number of rotatable bonds is 6. The number of nitrogens with zero attached hydrogens (tertiary/aromatic N) is 2. The fourth-order valence-electron chi connectivity index (χ4n) is 2.04. The average molecular weight is 272 g/mol. The molecule has 0 aliphatic carbocycles. The number of hydrogen-bond donors (Lipinski definition) is 1. The molecule has 2 rings (SSSR count). The van der Waals surface area contributed by atoms with Gasteiger partial charge in [0.05, 0.1) is 18.5 Å². The fraction of sp³-hybridized carbons (Fsp3) is 0.375. The minimum Gasteiger partial charge on any atom is -0.492 e. The Balaban J connectivity index is 2.26. The van der Waals surface area contributed by atoms with Gasteiger partial charge in [0, 0.05) is 18.0 Å². The molecular weight excluding hydrogens is 252 g/mol. The van der Waals surface area contributed by atoms with E-state index in [1.54, 1.807) is 18.6 Å². The number of aliphatic hydroxyl groups is 1. The van der Waals surface area contributed by atoms with Gasteiger partial charge in [-0.15, -0.1) is 0 Å². The maximum atomic E-state index is 10.5. The standard InChI is InChI=1S/C16H20N2O2/c1-3-8-20-14-9-13(10-17-11-14)16(19)15-12(4-2)6-5-7-18-15/h5-7,9-11,16,19H,3-4,8H2,1-2H3. The van der Waals surface area contributed by atoms with E-state index in [0.29, 0.717) is 23.6 Å². The summed E-state index contributed by atoms with van der Waals surface area (Å²) in [5.74, 6) is 0.678. The average Bonchev–Trinajstić information content (AvgIpc) is 2.52. The Morgan fingerprint density at radius 3 is 2.90 bits per heavy atom. The summed E-state index contributed by atoms with van der Waals surface area (Å²) in [6.45, 7) is 4.74. The Hall–Kier alpha value is -1.94. The lowest BCUT2D eigenvalue weighted by atomic mass is 10.0. The van der Waals surface area contributed by atoms with Crippen LogP contribution in [0.4, 0.5) is 0 Å². The first-order valence-corrected chi connectivity index (χ1v) is 6.95. The molecule has 0 saturated heterocycles. The smallest absolute Gasteiger partial charge is 0.137 e. The molecule has 2 aromatic rings. The summed E-state index contributed by atoms with van der Waals surface area (Å²) in [6, 6.07) is 5.69. The zero-order chi connectivity index (χ0) is 14.4. The van der Waals surface area contributed by atoms with Crippen LogP contribution < -0.4 is 4.74 Å². The molecule has 2 heterocycles. The predicted molar refractivity (Wildman–Crippen MR) is 77.7 cm³/mol. The first-order valence-electron chi connectivity index (χ1n) is 6.95. The number of aliphatic hydroxyl groups excluding tert-OH is 1. The molecule has 0 bridgehead atoms. The van der Waals surface area contributed by atoms with E-state index in [1.807, 2.05) is 32.0 Å². The van der Waals surface area contributed by atoms with Crippen molar-refractivity contribution in [1.29, 1.82) is 0 Å². The Kier molecular flexibility index (Phi) is 5.07. The van der Waals surface area contributed by atoms with Crippen LogP contribution in [-0.4, -0.2) is 21.7 Å². The molecule has 0 spiro atoms. The van der Waals surface area contributed by atoms with Crippen molar-refractivity contribution < 1.29 is 9.84 Å². The molecule has 0 aromatic carbocycles. The van der Waals surface area contributed by atoms with Gasteiger partial charge in [0.15, 0.2) is 0 Å². The highest BCUT2D eigenvalue weighted by molar-refractivity contribution is 5.33. The number of pyridine rings is 2. The van der Waals surface area contributed by atoms with Gasteiger partial charge >= 0.3 is 0 Å². The van der Waals surface area contributed by atoms with Gasteiger partial charge in [-0.1, -0.05) is 19.9 Å². The molecule has 20 heavy (non-hydrogen) atoms. The van der Waals surface area contributed by atoms with Crippen molar-refractivity contribution >= 4 is 0 Å². The lowest BCUT2D eigenvalue weighted by Crippen LogP contribution is -2.07. The van der Waals surface area contributed by atoms with Crippen LogP contribution in [0.1, 0.15) is 43.2 Å². The quantitative estimate of drug-likeness (QED) is 0.878. The van der Waals surface area contributed by atoms with Crippen molar-refractivity contribution in [3.8, 4) is 5.75 Å². The summed E-state index contributed by atoms with van der Waals surface area (Å²) in [5.41, 5.74) is 2.43. The van der Waals surface area contributed by atoms with Gasteiger partial charge in [0.2, 0.25) is 0 Å². The first kappa shape index (κ1) is 14.5. The van der Waals surface area contributed by atoms with Gasteiger partial charge in [-0.05, 0) is 30.5 Å². The molecule has 0 aliphatic heterocycles. The van der Waals surface area contributed by atoms with Crippen LogP contribution in [0.15, 0.2) is 36.8 Å². The first-order chi connectivity index (χ1) is 9.76. The molecular formula is C16H20N2O2. The number of hydrogen-bond acceptors (Lipinski definition) is 4. The van der Waals surface area contributed by atoms with Crippen LogP contribution in [0.2, 0.25) is 0 Å². The van der Waals surface area contributed by atoms with E-state index in [0.717, 1.165) is 18.4 Å². The molecule has 1 atom stereocenters. The Labute approximate surface area is 119 Å². The highest BCUT2D eigenvalue weighted by Gasteiger charge is 2.16. The summed E-state index contributed by atoms with van der Waals surface area (Å²) < 4.78 is 5.54. The molecule has 1 unspecified atom stereocenters. The lowest BCUT2D eigenvalue weighted by molar-refractivity contribution is 0.212. The second-order valence-corrected chi connectivity index (χ2v) is 4.61.